The highest BCUT2D eigenvalue weighted by atomic mass is 16.3. The van der Waals surface area contributed by atoms with Gasteiger partial charge in [0, 0.05) is 5.41 Å². The molecule has 3 unspecified atom stereocenters. The molecule has 0 bridgehead atoms. The number of rotatable bonds is 1. The van der Waals surface area contributed by atoms with Crippen molar-refractivity contribution in [2.75, 3.05) is 0 Å². The standard InChI is InChI=1S/C21H34N4O/c1-13(24-22)21(26)11-8-18-16-5-4-14-12-15(25-23)6-9-19(14,2)17(16)7-10-20(18,21)3/h12,16-18,26H,4-11,22-23H2,1-3H3/t16?,17?,18?,19-,20-,21-/m0/s1. The molecule has 0 aromatic rings. The van der Waals surface area contributed by atoms with Crippen LogP contribution in [0.3, 0.4) is 0 Å². The minimum absolute atomic E-state index is 0.1000. The normalized spacial score (nSPS) is 50.0. The maximum absolute atomic E-state index is 11.5. The van der Waals surface area contributed by atoms with Gasteiger partial charge in [0.15, 0.2) is 0 Å². The Balaban J connectivity index is 1.68. The van der Waals surface area contributed by atoms with E-state index in [9.17, 15) is 5.11 Å². The maximum Gasteiger partial charge on any atom is 0.110 e. The first-order valence-corrected chi connectivity index (χ1v) is 10.3. The first-order valence-electron chi connectivity index (χ1n) is 10.3. The van der Waals surface area contributed by atoms with Gasteiger partial charge in [0.05, 0.1) is 11.4 Å². The van der Waals surface area contributed by atoms with E-state index in [-0.39, 0.29) is 10.8 Å². The van der Waals surface area contributed by atoms with Gasteiger partial charge in [0.2, 0.25) is 0 Å². The van der Waals surface area contributed by atoms with Crippen LogP contribution in [0.4, 0.5) is 0 Å². The highest BCUT2D eigenvalue weighted by Gasteiger charge is 2.64. The highest BCUT2D eigenvalue weighted by molar-refractivity contribution is 5.96. The second kappa shape index (κ2) is 5.82. The van der Waals surface area contributed by atoms with E-state index in [1.165, 1.54) is 12.8 Å². The third-order valence-corrected chi connectivity index (χ3v) is 9.09. The van der Waals surface area contributed by atoms with Crippen LogP contribution in [0.5, 0.6) is 0 Å². The number of hydrogen-bond donors (Lipinski definition) is 3. The molecule has 26 heavy (non-hydrogen) atoms. The van der Waals surface area contributed by atoms with E-state index in [1.807, 2.05) is 6.92 Å². The van der Waals surface area contributed by atoms with Crippen molar-refractivity contribution >= 4 is 11.4 Å². The Morgan fingerprint density at radius 2 is 1.81 bits per heavy atom. The fourth-order valence-corrected chi connectivity index (χ4v) is 7.39. The molecule has 3 saturated carbocycles. The van der Waals surface area contributed by atoms with E-state index >= 15 is 0 Å². The molecule has 3 fully saturated rings. The van der Waals surface area contributed by atoms with Gasteiger partial charge in [-0.25, -0.2) is 0 Å². The van der Waals surface area contributed by atoms with Crippen LogP contribution in [0.15, 0.2) is 21.9 Å². The number of fused-ring (bicyclic) bond motifs is 5. The monoisotopic (exact) mass is 358 g/mol. The summed E-state index contributed by atoms with van der Waals surface area (Å²) in [5.74, 6) is 13.1. The third kappa shape index (κ3) is 2.12. The molecular formula is C21H34N4O. The summed E-state index contributed by atoms with van der Waals surface area (Å²) in [5.41, 5.74) is 2.67. The Labute approximate surface area is 157 Å². The molecule has 0 spiro atoms. The number of aliphatic hydroxyl groups is 1. The Hall–Kier alpha value is -1.36. The van der Waals surface area contributed by atoms with Crippen LogP contribution >= 0.6 is 0 Å². The number of nitrogens with zero attached hydrogens (tertiary/aromatic N) is 2. The first kappa shape index (κ1) is 18.0. The average molecular weight is 359 g/mol. The summed E-state index contributed by atoms with van der Waals surface area (Å²) in [7, 11) is 0. The van der Waals surface area contributed by atoms with Crippen LogP contribution in [0.2, 0.25) is 0 Å². The molecule has 4 aliphatic rings. The minimum atomic E-state index is -0.833. The summed E-state index contributed by atoms with van der Waals surface area (Å²) in [4.78, 5) is 0. The van der Waals surface area contributed by atoms with Crippen molar-refractivity contribution in [2.45, 2.75) is 77.7 Å². The summed E-state index contributed by atoms with van der Waals surface area (Å²) in [6.07, 6.45) is 10.9. The van der Waals surface area contributed by atoms with Crippen molar-refractivity contribution in [1.29, 1.82) is 0 Å². The second-order valence-electron chi connectivity index (χ2n) is 9.69. The zero-order valence-corrected chi connectivity index (χ0v) is 16.5. The largest absolute Gasteiger partial charge is 0.383 e. The van der Waals surface area contributed by atoms with Gasteiger partial charge < -0.3 is 16.8 Å². The zero-order valence-electron chi connectivity index (χ0n) is 16.5. The van der Waals surface area contributed by atoms with E-state index < -0.39 is 5.60 Å². The van der Waals surface area contributed by atoms with Gasteiger partial charge in [-0.2, -0.15) is 10.2 Å². The van der Waals surface area contributed by atoms with Crippen LogP contribution in [0.25, 0.3) is 0 Å². The van der Waals surface area contributed by atoms with E-state index in [2.05, 4.69) is 30.1 Å². The lowest BCUT2D eigenvalue weighted by Gasteiger charge is -2.59. The van der Waals surface area contributed by atoms with Crippen LogP contribution in [-0.4, -0.2) is 22.1 Å². The molecule has 0 radical (unpaired) electrons. The highest BCUT2D eigenvalue weighted by Crippen LogP contribution is 2.67. The second-order valence-corrected chi connectivity index (χ2v) is 9.69. The summed E-state index contributed by atoms with van der Waals surface area (Å²) >= 11 is 0. The molecule has 5 nitrogen and oxygen atoms in total. The fourth-order valence-electron chi connectivity index (χ4n) is 7.39. The molecule has 144 valence electrons. The Kier molecular flexibility index (Phi) is 4.03. The van der Waals surface area contributed by atoms with Crippen LogP contribution < -0.4 is 11.7 Å². The van der Waals surface area contributed by atoms with Crippen LogP contribution in [0, 0.1) is 28.6 Å². The molecule has 5 N–H and O–H groups in total. The molecule has 0 aromatic carbocycles. The molecule has 5 heteroatoms. The third-order valence-electron chi connectivity index (χ3n) is 9.09. The molecule has 0 heterocycles. The molecule has 4 rings (SSSR count). The first-order chi connectivity index (χ1) is 12.3. The lowest BCUT2D eigenvalue weighted by Crippen LogP contribution is -2.57. The van der Waals surface area contributed by atoms with Crippen LogP contribution in [-0.2, 0) is 0 Å². The van der Waals surface area contributed by atoms with Gasteiger partial charge in [0.25, 0.3) is 0 Å². The van der Waals surface area contributed by atoms with E-state index in [0.29, 0.717) is 23.5 Å². The number of allylic oxidation sites excluding steroid dienone is 2. The minimum Gasteiger partial charge on any atom is -0.383 e. The lowest BCUT2D eigenvalue weighted by molar-refractivity contribution is -0.0945. The molecule has 6 atom stereocenters. The Morgan fingerprint density at radius 3 is 2.50 bits per heavy atom. The lowest BCUT2D eigenvalue weighted by atomic mass is 9.46. The van der Waals surface area contributed by atoms with Crippen LogP contribution in [0.1, 0.15) is 72.1 Å². The Morgan fingerprint density at radius 1 is 1.08 bits per heavy atom. The zero-order chi connectivity index (χ0) is 18.7. The van der Waals surface area contributed by atoms with Gasteiger partial charge in [-0.3, -0.25) is 0 Å². The van der Waals surface area contributed by atoms with Crippen molar-refractivity contribution in [3.05, 3.63) is 11.6 Å². The molecule has 0 amide bonds. The van der Waals surface area contributed by atoms with Gasteiger partial charge in [-0.05, 0) is 87.5 Å². The van der Waals surface area contributed by atoms with Crippen molar-refractivity contribution in [3.63, 3.8) is 0 Å². The topological polar surface area (TPSA) is 97.0 Å². The summed E-state index contributed by atoms with van der Waals surface area (Å²) in [5, 5.41) is 19.4. The van der Waals surface area contributed by atoms with Crippen molar-refractivity contribution in [3.8, 4) is 0 Å². The molecule has 0 saturated heterocycles. The maximum atomic E-state index is 11.5. The Bertz CT molecular complexity index is 698. The molecule has 0 aliphatic heterocycles. The van der Waals surface area contributed by atoms with Gasteiger partial charge in [-0.15, -0.1) is 0 Å². The van der Waals surface area contributed by atoms with E-state index in [0.717, 1.165) is 44.2 Å². The van der Waals surface area contributed by atoms with Gasteiger partial charge >= 0.3 is 0 Å². The van der Waals surface area contributed by atoms with Crippen molar-refractivity contribution in [1.82, 2.24) is 0 Å². The number of hydrazone groups is 2. The van der Waals surface area contributed by atoms with Gasteiger partial charge in [0.1, 0.15) is 5.60 Å². The number of nitrogens with two attached hydrogens (primary N) is 2. The van der Waals surface area contributed by atoms with E-state index in [1.54, 1.807) is 5.57 Å². The molecular weight excluding hydrogens is 324 g/mol. The molecule has 4 aliphatic carbocycles. The number of hydrogen-bond acceptors (Lipinski definition) is 5. The summed E-state index contributed by atoms with van der Waals surface area (Å²) in [6.45, 7) is 6.67. The predicted octanol–water partition coefficient (Wildman–Crippen LogP) is 3.33. The predicted molar refractivity (Wildman–Crippen MR) is 106 cm³/mol. The summed E-state index contributed by atoms with van der Waals surface area (Å²) in [6, 6.07) is 0. The fraction of sp³-hybridized carbons (Fsp3) is 0.810. The molecule has 0 aromatic heterocycles. The summed E-state index contributed by atoms with van der Waals surface area (Å²) < 4.78 is 0. The van der Waals surface area contributed by atoms with Crippen molar-refractivity contribution in [2.24, 2.45) is 50.5 Å². The SMILES string of the molecule is CC(=NN)[C@@]1(O)CCC2C3CCC4=CC(=NN)CC[C@]4(C)C3CC[C@@]21C. The van der Waals surface area contributed by atoms with Crippen molar-refractivity contribution < 1.29 is 5.11 Å². The van der Waals surface area contributed by atoms with E-state index in [4.69, 9.17) is 11.7 Å². The average Bonchev–Trinajstić information content (AvgIpc) is 2.92. The van der Waals surface area contributed by atoms with Gasteiger partial charge in [-0.1, -0.05) is 19.4 Å². The smallest absolute Gasteiger partial charge is 0.110 e. The quantitative estimate of drug-likeness (QED) is 0.381.